The number of hydrogen-bond acceptors (Lipinski definition) is 6. The second-order valence-corrected chi connectivity index (χ2v) is 13.8. The van der Waals surface area contributed by atoms with Crippen LogP contribution in [0.2, 0.25) is 0 Å². The molecule has 0 saturated heterocycles. The van der Waals surface area contributed by atoms with Gasteiger partial charge >= 0.3 is 6.18 Å². The largest absolute Gasteiger partial charge is 0.419 e. The lowest BCUT2D eigenvalue weighted by Gasteiger charge is -2.29. The molecule has 0 radical (unpaired) electrons. The number of benzene rings is 1. The Morgan fingerprint density at radius 3 is 2.42 bits per heavy atom. The number of rotatable bonds is 11. The third-order valence-electron chi connectivity index (χ3n) is 9.21. The van der Waals surface area contributed by atoms with Gasteiger partial charge < -0.3 is 16.0 Å². The van der Waals surface area contributed by atoms with Gasteiger partial charge in [-0.3, -0.25) is 23.5 Å². The molecule has 3 atom stereocenters. The highest BCUT2D eigenvalue weighted by Crippen LogP contribution is 2.48. The summed E-state index contributed by atoms with van der Waals surface area (Å²) < 4.78 is 69.1. The van der Waals surface area contributed by atoms with Gasteiger partial charge in [0.2, 0.25) is 29.4 Å². The molecule has 4 aromatic rings. The number of halogens is 5. The Morgan fingerprint density at radius 2 is 1.74 bits per heavy atom. The summed E-state index contributed by atoms with van der Waals surface area (Å²) in [6.45, 7) is 3.23. The van der Waals surface area contributed by atoms with E-state index in [1.807, 2.05) is 0 Å². The molecule has 16 heteroatoms. The molecule has 266 valence electrons. The van der Waals surface area contributed by atoms with Crippen LogP contribution in [0, 0.1) is 11.8 Å². The third kappa shape index (κ3) is 8.28. The zero-order chi connectivity index (χ0) is 35.8. The van der Waals surface area contributed by atoms with Crippen LogP contribution in [0.1, 0.15) is 68.7 Å². The number of amides is 3. The van der Waals surface area contributed by atoms with Gasteiger partial charge in [0, 0.05) is 61.1 Å². The molecule has 3 amide bonds. The Morgan fingerprint density at radius 1 is 1.02 bits per heavy atom. The minimum Gasteiger partial charge on any atom is -0.348 e. The van der Waals surface area contributed by atoms with Crippen LogP contribution in [-0.2, 0) is 33.5 Å². The van der Waals surface area contributed by atoms with E-state index in [2.05, 4.69) is 31.0 Å². The van der Waals surface area contributed by atoms with Gasteiger partial charge in [0.15, 0.2) is 0 Å². The van der Waals surface area contributed by atoms with Gasteiger partial charge in [-0.2, -0.15) is 18.3 Å². The molecule has 0 spiro atoms. The number of anilines is 1. The highest BCUT2D eigenvalue weighted by atomic mass is 19.4. The summed E-state index contributed by atoms with van der Waals surface area (Å²) in [5.74, 6) is -4.48. The molecular weight excluding hydrogens is 663 g/mol. The van der Waals surface area contributed by atoms with Gasteiger partial charge in [-0.05, 0) is 62.8 Å². The van der Waals surface area contributed by atoms with E-state index in [0.717, 1.165) is 22.6 Å². The fraction of sp³-hybridized carbons (Fsp3) is 0.471. The maximum atomic E-state index is 13.7. The van der Waals surface area contributed by atoms with E-state index in [-0.39, 0.29) is 56.4 Å². The van der Waals surface area contributed by atoms with E-state index in [1.165, 1.54) is 0 Å². The summed E-state index contributed by atoms with van der Waals surface area (Å²) in [5, 5.41) is 12.3. The molecule has 11 nitrogen and oxygen atoms in total. The van der Waals surface area contributed by atoms with Crippen LogP contribution in [0.4, 0.5) is 27.6 Å². The highest BCUT2D eigenvalue weighted by molar-refractivity contribution is 5.93. The van der Waals surface area contributed by atoms with E-state index >= 15 is 0 Å². The fourth-order valence-electron chi connectivity index (χ4n) is 6.40. The molecule has 2 saturated carbocycles. The summed E-state index contributed by atoms with van der Waals surface area (Å²) in [4.78, 5) is 48.3. The van der Waals surface area contributed by atoms with Crippen LogP contribution in [0.15, 0.2) is 61.3 Å². The van der Waals surface area contributed by atoms with E-state index < -0.39 is 47.0 Å². The minimum atomic E-state index is -4.55. The van der Waals surface area contributed by atoms with Gasteiger partial charge in [0.1, 0.15) is 6.04 Å². The second-order valence-electron chi connectivity index (χ2n) is 13.8. The Bertz CT molecular complexity index is 1860. The van der Waals surface area contributed by atoms with E-state index in [1.54, 1.807) is 67.2 Å². The highest BCUT2D eigenvalue weighted by Gasteiger charge is 2.45. The Hall–Kier alpha value is -4.89. The average molecular weight is 701 g/mol. The number of aromatic nitrogens is 5. The second kappa shape index (κ2) is 13.4. The van der Waals surface area contributed by atoms with Crippen molar-refractivity contribution in [1.29, 1.82) is 0 Å². The third-order valence-corrected chi connectivity index (χ3v) is 9.21. The van der Waals surface area contributed by atoms with Crippen LogP contribution < -0.4 is 16.0 Å². The summed E-state index contributed by atoms with van der Waals surface area (Å²) >= 11 is 0. The van der Waals surface area contributed by atoms with Crippen LogP contribution >= 0.6 is 0 Å². The SMILES string of the molecule is CC(C)(Cn1cc(C(F)(F)F)cn1)NC(=O)[C@@H](Cc1cnc2ncccn12)NC(=O)[C@H]1C[C@@H]1c1ccc(NC(=O)C2CCC(F)(F)CC2)cc1. The standard InChI is InChI=1S/C34H37F5N8O3/c1-32(2,19-46-18-22(16-42-46)34(37,38)39)45-30(50)27(14-24-17-41-31-40-12-3-13-47(24)31)44-29(49)26-15-25(26)20-4-6-23(7-5-20)43-28(48)21-8-10-33(35,36)11-9-21/h3-7,12-13,16-18,21,25-27H,8-11,14-15,19H2,1-2H3,(H,43,48)(H,44,49)(H,45,50)/t25-,26+,27-/m1/s1. The van der Waals surface area contributed by atoms with Crippen molar-refractivity contribution in [1.82, 2.24) is 34.8 Å². The average Bonchev–Trinajstić information content (AvgIpc) is 3.53. The van der Waals surface area contributed by atoms with Crippen LogP contribution in [0.3, 0.4) is 0 Å². The van der Waals surface area contributed by atoms with Gasteiger partial charge in [-0.25, -0.2) is 18.7 Å². The fourth-order valence-corrected chi connectivity index (χ4v) is 6.40. The van der Waals surface area contributed by atoms with Crippen molar-refractivity contribution >= 4 is 29.2 Å². The zero-order valence-corrected chi connectivity index (χ0v) is 27.4. The number of imidazole rings is 1. The molecule has 6 rings (SSSR count). The number of nitrogens with zero attached hydrogens (tertiary/aromatic N) is 5. The van der Waals surface area contributed by atoms with Crippen molar-refractivity contribution in [2.75, 3.05) is 5.32 Å². The topological polar surface area (TPSA) is 135 Å². The molecule has 2 fully saturated rings. The van der Waals surface area contributed by atoms with Crippen LogP contribution in [0.5, 0.6) is 0 Å². The summed E-state index contributed by atoms with van der Waals surface area (Å²) in [5.41, 5.74) is 0.0630. The van der Waals surface area contributed by atoms with E-state index in [0.29, 0.717) is 23.6 Å². The van der Waals surface area contributed by atoms with Gasteiger partial charge in [-0.1, -0.05) is 12.1 Å². The Labute approximate surface area is 284 Å². The Kier molecular flexibility index (Phi) is 9.39. The lowest BCUT2D eigenvalue weighted by atomic mass is 9.86. The van der Waals surface area contributed by atoms with Gasteiger partial charge in [0.05, 0.1) is 30.0 Å². The number of carbonyl (C=O) groups excluding carboxylic acids is 3. The number of nitrogens with one attached hydrogen (secondary N) is 3. The molecule has 3 N–H and O–H groups in total. The molecule has 1 aromatic carbocycles. The lowest BCUT2D eigenvalue weighted by molar-refractivity contribution is -0.137. The molecule has 0 aliphatic heterocycles. The maximum Gasteiger partial charge on any atom is 0.419 e. The molecule has 3 aromatic heterocycles. The summed E-state index contributed by atoms with van der Waals surface area (Å²) in [6.07, 6.45) is 2.16. The lowest BCUT2D eigenvalue weighted by Crippen LogP contribution is -2.55. The first-order valence-corrected chi connectivity index (χ1v) is 16.3. The molecule has 2 aliphatic rings. The number of alkyl halides is 5. The van der Waals surface area contributed by atoms with Crippen LogP contribution in [-0.4, -0.2) is 59.4 Å². The van der Waals surface area contributed by atoms with E-state index in [9.17, 15) is 36.3 Å². The number of carbonyl (C=O) groups is 3. The van der Waals surface area contributed by atoms with Crippen molar-refractivity contribution in [3.8, 4) is 0 Å². The van der Waals surface area contributed by atoms with Crippen LogP contribution in [0.25, 0.3) is 5.78 Å². The first kappa shape index (κ1) is 35.0. The van der Waals surface area contributed by atoms with Crippen molar-refractivity contribution in [2.45, 2.75) is 88.5 Å². The van der Waals surface area contributed by atoms with Gasteiger partial charge in [-0.15, -0.1) is 0 Å². The molecule has 3 heterocycles. The minimum absolute atomic E-state index is 0.0604. The van der Waals surface area contributed by atoms with Crippen molar-refractivity contribution < 1.29 is 36.3 Å². The number of fused-ring (bicyclic) bond motifs is 1. The van der Waals surface area contributed by atoms with E-state index in [4.69, 9.17) is 0 Å². The molecule has 0 bridgehead atoms. The summed E-state index contributed by atoms with van der Waals surface area (Å²) in [6, 6.07) is 7.69. The zero-order valence-electron chi connectivity index (χ0n) is 27.4. The molecule has 0 unspecified atom stereocenters. The molecule has 50 heavy (non-hydrogen) atoms. The summed E-state index contributed by atoms with van der Waals surface area (Å²) in [7, 11) is 0. The van der Waals surface area contributed by atoms with Gasteiger partial charge in [0.25, 0.3) is 0 Å². The Balaban J connectivity index is 1.10. The predicted octanol–water partition coefficient (Wildman–Crippen LogP) is 5.13. The first-order valence-electron chi connectivity index (χ1n) is 16.3. The first-order chi connectivity index (χ1) is 23.6. The van der Waals surface area contributed by atoms with Crippen molar-refractivity contribution in [3.05, 3.63) is 78.1 Å². The molecular formula is C34H37F5N8O3. The monoisotopic (exact) mass is 700 g/mol. The smallest absolute Gasteiger partial charge is 0.348 e. The predicted molar refractivity (Wildman–Crippen MR) is 171 cm³/mol. The number of hydrogen-bond donors (Lipinski definition) is 3. The normalized spacial score (nSPS) is 19.9. The quantitative estimate of drug-likeness (QED) is 0.186. The molecule has 2 aliphatic carbocycles. The van der Waals surface area contributed by atoms with Crippen molar-refractivity contribution in [3.63, 3.8) is 0 Å². The van der Waals surface area contributed by atoms with Crippen molar-refractivity contribution in [2.24, 2.45) is 11.8 Å². The maximum absolute atomic E-state index is 13.7.